The number of methoxy groups -OCH3 is 1. The lowest BCUT2D eigenvalue weighted by Crippen LogP contribution is -2.65. The van der Waals surface area contributed by atoms with Crippen molar-refractivity contribution >= 4 is 12.3 Å². The SMILES string of the molecule is CO[C@H]1[C@@H](O)[C@H](O)[C@H](OC[C@@]23C[C@H]4[C@@H](CC[C@]4(C)O)[C@@]4(C=O)C[C@@H]2C=C(C(C)C)[C@@]34C(=O)O)O[C@@H]1C. The van der Waals surface area contributed by atoms with E-state index in [1.54, 1.807) is 13.8 Å². The fourth-order valence-corrected chi connectivity index (χ4v) is 9.30. The van der Waals surface area contributed by atoms with Crippen LogP contribution in [0.3, 0.4) is 0 Å². The average Bonchev–Trinajstić information content (AvgIpc) is 3.34. The minimum absolute atomic E-state index is 0.0790. The smallest absolute Gasteiger partial charge is 0.315 e. The third kappa shape index (κ3) is 2.93. The molecule has 1 saturated heterocycles. The van der Waals surface area contributed by atoms with Crippen LogP contribution in [0, 0.1) is 39.9 Å². The van der Waals surface area contributed by atoms with Crippen LogP contribution < -0.4 is 0 Å². The molecule has 9 nitrogen and oxygen atoms in total. The summed E-state index contributed by atoms with van der Waals surface area (Å²) in [7, 11) is 1.43. The van der Waals surface area contributed by atoms with Crippen LogP contribution in [0.2, 0.25) is 0 Å². The zero-order chi connectivity index (χ0) is 26.4. The van der Waals surface area contributed by atoms with Gasteiger partial charge in [0.2, 0.25) is 0 Å². The largest absolute Gasteiger partial charge is 0.481 e. The van der Waals surface area contributed by atoms with Crippen LogP contribution in [0.25, 0.3) is 0 Å². The highest BCUT2D eigenvalue weighted by atomic mass is 16.7. The summed E-state index contributed by atoms with van der Waals surface area (Å²) in [5.41, 5.74) is -3.87. The van der Waals surface area contributed by atoms with E-state index in [4.69, 9.17) is 14.2 Å². The van der Waals surface area contributed by atoms with Crippen LogP contribution in [0.5, 0.6) is 0 Å². The number of ether oxygens (including phenoxy) is 3. The Morgan fingerprint density at radius 2 is 1.94 bits per heavy atom. The van der Waals surface area contributed by atoms with Crippen LogP contribution in [0.15, 0.2) is 11.6 Å². The number of carboxylic acid groups (broad SMARTS) is 1. The number of aldehydes is 1. The third-order valence-electron chi connectivity index (χ3n) is 10.7. The van der Waals surface area contributed by atoms with E-state index >= 15 is 0 Å². The second kappa shape index (κ2) is 8.32. The van der Waals surface area contributed by atoms with Gasteiger partial charge in [0.1, 0.15) is 30.0 Å². The molecule has 4 bridgehead atoms. The van der Waals surface area contributed by atoms with Crippen LogP contribution >= 0.6 is 0 Å². The zero-order valence-corrected chi connectivity index (χ0v) is 21.7. The normalized spacial score (nSPS) is 53.4. The summed E-state index contributed by atoms with van der Waals surface area (Å²) in [4.78, 5) is 26.6. The van der Waals surface area contributed by atoms with Crippen molar-refractivity contribution in [1.82, 2.24) is 0 Å². The molecule has 0 radical (unpaired) electrons. The number of fused-ring (bicyclic) bond motifs is 2. The summed E-state index contributed by atoms with van der Waals surface area (Å²) < 4.78 is 17.3. The van der Waals surface area contributed by atoms with Gasteiger partial charge in [-0.3, -0.25) is 4.79 Å². The number of carbonyl (C=O) groups is 2. The number of carbonyl (C=O) groups excluding carboxylic acids is 1. The van der Waals surface area contributed by atoms with Gasteiger partial charge in [-0.25, -0.2) is 0 Å². The van der Waals surface area contributed by atoms with E-state index in [-0.39, 0.29) is 30.3 Å². The maximum Gasteiger partial charge on any atom is 0.315 e. The lowest BCUT2D eigenvalue weighted by atomic mass is 9.42. The second-order valence-electron chi connectivity index (χ2n) is 12.5. The van der Waals surface area contributed by atoms with E-state index in [0.717, 1.165) is 11.9 Å². The summed E-state index contributed by atoms with van der Waals surface area (Å²) in [6, 6.07) is 0. The van der Waals surface area contributed by atoms with Crippen LogP contribution in [0.1, 0.15) is 53.4 Å². The van der Waals surface area contributed by atoms with Crippen LogP contribution in [-0.2, 0) is 23.8 Å². The number of hydrogen-bond donors (Lipinski definition) is 4. The first-order valence-electron chi connectivity index (χ1n) is 13.1. The molecule has 36 heavy (non-hydrogen) atoms. The van der Waals surface area contributed by atoms with Gasteiger partial charge in [-0.2, -0.15) is 0 Å². The van der Waals surface area contributed by atoms with E-state index < -0.39 is 58.5 Å². The number of aliphatic hydroxyl groups excluding tert-OH is 2. The molecular weight excluding hydrogens is 468 g/mol. The number of carboxylic acids is 1. The summed E-state index contributed by atoms with van der Waals surface area (Å²) in [6.07, 6.45) is -0.264. The highest BCUT2D eigenvalue weighted by molar-refractivity contribution is 5.90. The highest BCUT2D eigenvalue weighted by Crippen LogP contribution is 2.82. The van der Waals surface area contributed by atoms with Gasteiger partial charge in [0, 0.05) is 12.5 Å². The van der Waals surface area contributed by atoms with Crippen molar-refractivity contribution in [2.45, 2.75) is 89.7 Å². The van der Waals surface area contributed by atoms with E-state index in [0.29, 0.717) is 25.7 Å². The van der Waals surface area contributed by atoms with Crippen LogP contribution in [0.4, 0.5) is 0 Å². The van der Waals surface area contributed by atoms with Gasteiger partial charge in [0.05, 0.1) is 23.7 Å². The maximum atomic E-state index is 13.5. The van der Waals surface area contributed by atoms with E-state index in [1.807, 2.05) is 19.9 Å². The lowest BCUT2D eigenvalue weighted by molar-refractivity contribution is -0.307. The molecular formula is C27H40O9. The van der Waals surface area contributed by atoms with Crippen LogP contribution in [-0.4, -0.2) is 82.7 Å². The molecule has 5 rings (SSSR count). The van der Waals surface area contributed by atoms with Crippen molar-refractivity contribution in [1.29, 1.82) is 0 Å². The molecule has 12 atom stereocenters. The molecule has 1 aliphatic heterocycles. The van der Waals surface area contributed by atoms with Gasteiger partial charge >= 0.3 is 5.97 Å². The predicted molar refractivity (Wildman–Crippen MR) is 127 cm³/mol. The monoisotopic (exact) mass is 508 g/mol. The molecule has 4 aliphatic carbocycles. The fraction of sp³-hybridized carbons (Fsp3) is 0.852. The molecule has 3 saturated carbocycles. The van der Waals surface area contributed by atoms with Gasteiger partial charge in [-0.05, 0) is 63.2 Å². The van der Waals surface area contributed by atoms with Crippen molar-refractivity contribution in [2.24, 2.45) is 39.9 Å². The standard InChI is InChI=1S/C27H40O9/c1-13(2)17-8-15-9-25(11-28)16-6-7-24(4,33)18(16)10-26(15,27(17,25)23(31)32)12-35-22-20(30)19(29)21(34-5)14(3)36-22/h8,11,13-16,18-22,29-30,33H,6-7,9-10,12H2,1-5H3,(H,31,32)/t14-,15+,16-,18+,19+,20+,21-,22-,24+,25+,26+,27+/m1/s1. The molecule has 0 aromatic carbocycles. The first-order valence-corrected chi connectivity index (χ1v) is 13.1. The average molecular weight is 509 g/mol. The minimum Gasteiger partial charge on any atom is -0.481 e. The van der Waals surface area contributed by atoms with E-state index in [1.165, 1.54) is 7.11 Å². The first-order chi connectivity index (χ1) is 16.8. The Morgan fingerprint density at radius 1 is 1.25 bits per heavy atom. The fourth-order valence-electron chi connectivity index (χ4n) is 9.30. The Morgan fingerprint density at radius 3 is 2.53 bits per heavy atom. The van der Waals surface area contributed by atoms with E-state index in [2.05, 4.69) is 0 Å². The minimum atomic E-state index is -1.47. The Kier molecular flexibility index (Phi) is 6.07. The third-order valence-corrected chi connectivity index (χ3v) is 10.7. The van der Waals surface area contributed by atoms with Crippen molar-refractivity contribution in [3.05, 3.63) is 11.6 Å². The molecule has 5 aliphatic rings. The van der Waals surface area contributed by atoms with Gasteiger partial charge in [-0.15, -0.1) is 0 Å². The van der Waals surface area contributed by atoms with Gasteiger partial charge < -0.3 is 39.4 Å². The topological polar surface area (TPSA) is 143 Å². The number of allylic oxidation sites excluding steroid dienone is 1. The molecule has 0 amide bonds. The molecule has 0 unspecified atom stereocenters. The van der Waals surface area contributed by atoms with E-state index in [9.17, 15) is 30.0 Å². The molecule has 9 heteroatoms. The summed E-state index contributed by atoms with van der Waals surface area (Å²) in [5.74, 6) is -1.83. The summed E-state index contributed by atoms with van der Waals surface area (Å²) in [5, 5.41) is 43.6. The van der Waals surface area contributed by atoms with Gasteiger partial charge in [0.25, 0.3) is 0 Å². The quantitative estimate of drug-likeness (QED) is 0.297. The van der Waals surface area contributed by atoms with Crippen molar-refractivity contribution in [3.8, 4) is 0 Å². The van der Waals surface area contributed by atoms with Gasteiger partial charge in [-0.1, -0.05) is 25.5 Å². The Bertz CT molecular complexity index is 961. The zero-order valence-electron chi connectivity index (χ0n) is 21.7. The van der Waals surface area contributed by atoms with Crippen molar-refractivity contribution in [2.75, 3.05) is 13.7 Å². The lowest BCUT2D eigenvalue weighted by Gasteiger charge is -2.59. The summed E-state index contributed by atoms with van der Waals surface area (Å²) >= 11 is 0. The maximum absolute atomic E-state index is 13.5. The molecule has 4 fully saturated rings. The highest BCUT2D eigenvalue weighted by Gasteiger charge is 2.85. The molecule has 0 spiro atoms. The number of aliphatic hydroxyl groups is 3. The first kappa shape index (κ1) is 26.3. The number of hydrogen-bond acceptors (Lipinski definition) is 8. The summed E-state index contributed by atoms with van der Waals surface area (Å²) in [6.45, 7) is 7.34. The molecule has 202 valence electrons. The Balaban J connectivity index is 1.59. The Hall–Kier alpha value is -1.36. The Labute approximate surface area is 211 Å². The predicted octanol–water partition coefficient (Wildman–Crippen LogP) is 1.52. The molecule has 4 N–H and O–H groups in total. The number of rotatable bonds is 7. The molecule has 1 heterocycles. The van der Waals surface area contributed by atoms with Crippen molar-refractivity contribution in [3.63, 3.8) is 0 Å². The second-order valence-corrected chi connectivity index (χ2v) is 12.5. The molecule has 0 aromatic heterocycles. The number of aliphatic carboxylic acids is 1. The molecule has 0 aromatic rings. The van der Waals surface area contributed by atoms with Crippen molar-refractivity contribution < 1.29 is 44.2 Å². The van der Waals surface area contributed by atoms with Gasteiger partial charge in [0.15, 0.2) is 6.29 Å².